The van der Waals surface area contributed by atoms with E-state index < -0.39 is 5.82 Å². The van der Waals surface area contributed by atoms with Gasteiger partial charge in [0.25, 0.3) is 0 Å². The minimum atomic E-state index is -0.503. The second kappa shape index (κ2) is 5.65. The highest BCUT2D eigenvalue weighted by Gasteiger charge is 2.06. The molecule has 1 N–H and O–H groups in total. The summed E-state index contributed by atoms with van der Waals surface area (Å²) in [6.45, 7) is 0.539. The zero-order chi connectivity index (χ0) is 13.0. The Bertz CT molecular complexity index is 605. The Morgan fingerprint density at radius 1 is 1.22 bits per heavy atom. The Labute approximate surface area is 113 Å². The summed E-state index contributed by atoms with van der Waals surface area (Å²) in [5, 5.41) is 12.0. The van der Waals surface area contributed by atoms with E-state index in [1.165, 1.54) is 6.07 Å². The molecule has 2 aromatic carbocycles. The van der Waals surface area contributed by atoms with Gasteiger partial charge in [0.1, 0.15) is 17.4 Å². The van der Waals surface area contributed by atoms with Crippen LogP contribution < -0.4 is 5.32 Å². The first kappa shape index (κ1) is 12.6. The maximum absolute atomic E-state index is 13.4. The quantitative estimate of drug-likeness (QED) is 0.927. The lowest BCUT2D eigenvalue weighted by atomic mass is 10.1. The highest BCUT2D eigenvalue weighted by atomic mass is 79.9. The number of rotatable bonds is 3. The minimum Gasteiger partial charge on any atom is -0.380 e. The van der Waals surface area contributed by atoms with Crippen LogP contribution in [-0.4, -0.2) is 0 Å². The highest BCUT2D eigenvalue weighted by Crippen LogP contribution is 2.19. The Balaban J connectivity index is 2.16. The van der Waals surface area contributed by atoms with Gasteiger partial charge in [-0.3, -0.25) is 0 Å². The molecule has 18 heavy (non-hydrogen) atoms. The summed E-state index contributed by atoms with van der Waals surface area (Å²) in [4.78, 5) is 0. The first-order valence-corrected chi connectivity index (χ1v) is 6.17. The van der Waals surface area contributed by atoms with E-state index in [0.29, 0.717) is 12.2 Å². The van der Waals surface area contributed by atoms with Gasteiger partial charge in [0, 0.05) is 11.0 Å². The third-order valence-corrected chi connectivity index (χ3v) is 2.99. The van der Waals surface area contributed by atoms with Gasteiger partial charge in [-0.2, -0.15) is 5.26 Å². The lowest BCUT2D eigenvalue weighted by Gasteiger charge is -2.08. The van der Waals surface area contributed by atoms with Gasteiger partial charge in [0.15, 0.2) is 0 Å². The van der Waals surface area contributed by atoms with Crippen LogP contribution in [-0.2, 0) is 6.54 Å². The molecule has 0 fully saturated rings. The van der Waals surface area contributed by atoms with Crippen molar-refractivity contribution in [1.29, 1.82) is 5.26 Å². The number of nitrogens with zero attached hydrogens (tertiary/aromatic N) is 1. The van der Waals surface area contributed by atoms with Crippen LogP contribution in [0.4, 0.5) is 10.1 Å². The van der Waals surface area contributed by atoms with Crippen LogP contribution in [0.25, 0.3) is 0 Å². The Hall–Kier alpha value is -1.86. The molecule has 0 saturated heterocycles. The smallest absolute Gasteiger partial charge is 0.143 e. The van der Waals surface area contributed by atoms with Gasteiger partial charge in [-0.1, -0.05) is 34.1 Å². The first-order valence-electron chi connectivity index (χ1n) is 5.37. The van der Waals surface area contributed by atoms with E-state index >= 15 is 0 Å². The number of halogens is 2. The van der Waals surface area contributed by atoms with Gasteiger partial charge >= 0.3 is 0 Å². The molecule has 0 bridgehead atoms. The topological polar surface area (TPSA) is 35.8 Å². The molecule has 0 aliphatic carbocycles. The van der Waals surface area contributed by atoms with E-state index in [0.717, 1.165) is 10.0 Å². The summed E-state index contributed by atoms with van der Waals surface area (Å²) >= 11 is 3.39. The SMILES string of the molecule is N#Cc1c(F)cccc1NCc1cccc(Br)c1. The van der Waals surface area contributed by atoms with Gasteiger partial charge in [0.05, 0.1) is 5.69 Å². The Morgan fingerprint density at radius 2 is 2.00 bits per heavy atom. The number of anilines is 1. The molecule has 0 aromatic heterocycles. The molecule has 0 atom stereocenters. The summed E-state index contributed by atoms with van der Waals surface area (Å²) in [5.74, 6) is -0.503. The van der Waals surface area contributed by atoms with Crippen molar-refractivity contribution >= 4 is 21.6 Å². The maximum atomic E-state index is 13.4. The van der Waals surface area contributed by atoms with Gasteiger partial charge in [0.2, 0.25) is 0 Å². The van der Waals surface area contributed by atoms with Crippen molar-refractivity contribution in [3.8, 4) is 6.07 Å². The molecule has 90 valence electrons. The third kappa shape index (κ3) is 2.88. The summed E-state index contributed by atoms with van der Waals surface area (Å²) in [6, 6.07) is 14.2. The number of nitriles is 1. The molecule has 0 spiro atoms. The molecule has 0 saturated carbocycles. The zero-order valence-corrected chi connectivity index (χ0v) is 11.0. The van der Waals surface area contributed by atoms with E-state index in [2.05, 4.69) is 21.2 Å². The normalized spacial score (nSPS) is 9.83. The van der Waals surface area contributed by atoms with Gasteiger partial charge in [-0.25, -0.2) is 4.39 Å². The van der Waals surface area contributed by atoms with E-state index in [4.69, 9.17) is 5.26 Å². The third-order valence-electron chi connectivity index (χ3n) is 2.50. The van der Waals surface area contributed by atoms with Crippen LogP contribution in [0.15, 0.2) is 46.9 Å². The van der Waals surface area contributed by atoms with E-state index in [1.54, 1.807) is 12.1 Å². The molecule has 0 heterocycles. The monoisotopic (exact) mass is 304 g/mol. The fraction of sp³-hybridized carbons (Fsp3) is 0.0714. The molecule has 4 heteroatoms. The van der Waals surface area contributed by atoms with Crippen molar-refractivity contribution in [3.63, 3.8) is 0 Å². The summed E-state index contributed by atoms with van der Waals surface area (Å²) < 4.78 is 14.4. The summed E-state index contributed by atoms with van der Waals surface area (Å²) in [6.07, 6.45) is 0. The minimum absolute atomic E-state index is 0.0486. The second-order valence-corrected chi connectivity index (χ2v) is 4.67. The zero-order valence-electron chi connectivity index (χ0n) is 9.45. The number of nitrogens with one attached hydrogen (secondary N) is 1. The van der Waals surface area contributed by atoms with E-state index in [-0.39, 0.29) is 5.56 Å². The molecule has 2 rings (SSSR count). The molecule has 0 aliphatic rings. The van der Waals surface area contributed by atoms with Crippen molar-refractivity contribution in [3.05, 3.63) is 63.9 Å². The summed E-state index contributed by atoms with van der Waals surface area (Å²) in [5.41, 5.74) is 1.61. The number of hydrogen-bond acceptors (Lipinski definition) is 2. The van der Waals surface area contributed by atoms with Gasteiger partial charge in [-0.15, -0.1) is 0 Å². The second-order valence-electron chi connectivity index (χ2n) is 3.76. The molecule has 0 amide bonds. The van der Waals surface area contributed by atoms with Crippen LogP contribution in [0.2, 0.25) is 0 Å². The Kier molecular flexibility index (Phi) is 3.96. The van der Waals surface area contributed by atoms with E-state index in [1.807, 2.05) is 30.3 Å². The highest BCUT2D eigenvalue weighted by molar-refractivity contribution is 9.10. The average Bonchev–Trinajstić information content (AvgIpc) is 2.36. The molecule has 2 nitrogen and oxygen atoms in total. The summed E-state index contributed by atoms with van der Waals surface area (Å²) in [7, 11) is 0. The van der Waals surface area contributed by atoms with Gasteiger partial charge in [-0.05, 0) is 29.8 Å². The van der Waals surface area contributed by atoms with Crippen LogP contribution in [0, 0.1) is 17.1 Å². The van der Waals surface area contributed by atoms with Crippen LogP contribution in [0.5, 0.6) is 0 Å². The molecule has 0 unspecified atom stereocenters. The molecule has 0 radical (unpaired) electrons. The average molecular weight is 305 g/mol. The predicted octanol–water partition coefficient (Wildman–Crippen LogP) is 4.07. The van der Waals surface area contributed by atoms with Gasteiger partial charge < -0.3 is 5.32 Å². The standard InChI is InChI=1S/C14H10BrFN2/c15-11-4-1-3-10(7-11)9-18-14-6-2-5-13(16)12(14)8-17/h1-7,18H,9H2. The van der Waals surface area contributed by atoms with Crippen molar-refractivity contribution in [1.82, 2.24) is 0 Å². The lowest BCUT2D eigenvalue weighted by Crippen LogP contribution is -2.02. The number of benzene rings is 2. The lowest BCUT2D eigenvalue weighted by molar-refractivity contribution is 0.624. The van der Waals surface area contributed by atoms with Crippen molar-refractivity contribution < 1.29 is 4.39 Å². The first-order chi connectivity index (χ1) is 8.70. The fourth-order valence-corrected chi connectivity index (χ4v) is 2.08. The van der Waals surface area contributed by atoms with Crippen LogP contribution in [0.1, 0.15) is 11.1 Å². The van der Waals surface area contributed by atoms with Crippen LogP contribution in [0.3, 0.4) is 0 Å². The van der Waals surface area contributed by atoms with Crippen LogP contribution >= 0.6 is 15.9 Å². The Morgan fingerprint density at radius 3 is 2.72 bits per heavy atom. The maximum Gasteiger partial charge on any atom is 0.143 e. The molecular formula is C14H10BrFN2. The predicted molar refractivity (Wildman–Crippen MR) is 72.6 cm³/mol. The van der Waals surface area contributed by atoms with Crippen molar-refractivity contribution in [2.24, 2.45) is 0 Å². The van der Waals surface area contributed by atoms with E-state index in [9.17, 15) is 4.39 Å². The van der Waals surface area contributed by atoms with Crippen molar-refractivity contribution in [2.75, 3.05) is 5.32 Å². The fourth-order valence-electron chi connectivity index (χ4n) is 1.63. The largest absolute Gasteiger partial charge is 0.380 e. The van der Waals surface area contributed by atoms with Crippen molar-refractivity contribution in [2.45, 2.75) is 6.54 Å². The number of hydrogen-bond donors (Lipinski definition) is 1. The molecule has 2 aromatic rings. The molecular weight excluding hydrogens is 295 g/mol. The molecule has 0 aliphatic heterocycles.